The number of hydrogen-bond acceptors (Lipinski definition) is 5. The van der Waals surface area contributed by atoms with Crippen LogP contribution in [0.3, 0.4) is 0 Å². The number of nitrogens with zero attached hydrogens (tertiary/aromatic N) is 1. The summed E-state index contributed by atoms with van der Waals surface area (Å²) in [5, 5.41) is 3.89. The average molecular weight is 324 g/mol. The highest BCUT2D eigenvalue weighted by Crippen LogP contribution is 2.20. The molecule has 0 bridgehead atoms. The SMILES string of the molecule is O=C(NN=Cc1ccc(Oc2ccccc2)cc1)C1=COCCO1. The van der Waals surface area contributed by atoms with Gasteiger partial charge in [-0.1, -0.05) is 18.2 Å². The highest BCUT2D eigenvalue weighted by molar-refractivity contribution is 5.92. The molecular weight excluding hydrogens is 308 g/mol. The summed E-state index contributed by atoms with van der Waals surface area (Å²) in [4.78, 5) is 11.7. The largest absolute Gasteiger partial charge is 0.494 e. The Morgan fingerprint density at radius 2 is 1.79 bits per heavy atom. The van der Waals surface area contributed by atoms with Crippen LogP contribution in [0.1, 0.15) is 5.56 Å². The zero-order valence-electron chi connectivity index (χ0n) is 12.8. The van der Waals surface area contributed by atoms with E-state index in [1.807, 2.05) is 54.6 Å². The van der Waals surface area contributed by atoms with E-state index in [2.05, 4.69) is 10.5 Å². The molecule has 0 unspecified atom stereocenters. The van der Waals surface area contributed by atoms with Gasteiger partial charge in [0.2, 0.25) is 5.76 Å². The fourth-order valence-electron chi connectivity index (χ4n) is 1.95. The molecule has 24 heavy (non-hydrogen) atoms. The van der Waals surface area contributed by atoms with E-state index < -0.39 is 5.91 Å². The fraction of sp³-hybridized carbons (Fsp3) is 0.111. The molecule has 2 aromatic rings. The molecule has 1 heterocycles. The monoisotopic (exact) mass is 324 g/mol. The van der Waals surface area contributed by atoms with Gasteiger partial charge in [-0.3, -0.25) is 4.79 Å². The van der Waals surface area contributed by atoms with Gasteiger partial charge in [0.05, 0.1) is 6.21 Å². The lowest BCUT2D eigenvalue weighted by Crippen LogP contribution is -2.24. The van der Waals surface area contributed by atoms with Crippen molar-refractivity contribution >= 4 is 12.1 Å². The molecule has 3 rings (SSSR count). The second-order valence-corrected chi connectivity index (χ2v) is 4.88. The van der Waals surface area contributed by atoms with Crippen LogP contribution in [-0.2, 0) is 14.3 Å². The van der Waals surface area contributed by atoms with Crippen molar-refractivity contribution in [3.8, 4) is 11.5 Å². The van der Waals surface area contributed by atoms with Gasteiger partial charge in [0.1, 0.15) is 31.0 Å². The Bertz CT molecular complexity index is 739. The fourth-order valence-corrected chi connectivity index (χ4v) is 1.95. The summed E-state index contributed by atoms with van der Waals surface area (Å²) in [6.45, 7) is 0.795. The molecule has 0 radical (unpaired) electrons. The van der Waals surface area contributed by atoms with Crippen molar-refractivity contribution in [2.24, 2.45) is 5.10 Å². The maximum Gasteiger partial charge on any atom is 0.309 e. The van der Waals surface area contributed by atoms with Crippen LogP contribution >= 0.6 is 0 Å². The zero-order valence-corrected chi connectivity index (χ0v) is 12.8. The number of amides is 1. The third kappa shape index (κ3) is 4.36. The molecule has 6 nitrogen and oxygen atoms in total. The van der Waals surface area contributed by atoms with Gasteiger partial charge >= 0.3 is 5.91 Å². The summed E-state index contributed by atoms with van der Waals surface area (Å²) in [7, 11) is 0. The molecule has 2 aromatic carbocycles. The number of nitrogens with one attached hydrogen (secondary N) is 1. The third-order valence-corrected chi connectivity index (χ3v) is 3.11. The Morgan fingerprint density at radius 1 is 1.04 bits per heavy atom. The lowest BCUT2D eigenvalue weighted by atomic mass is 10.2. The van der Waals surface area contributed by atoms with Gasteiger partial charge in [0, 0.05) is 0 Å². The first-order valence-corrected chi connectivity index (χ1v) is 7.42. The van der Waals surface area contributed by atoms with Crippen molar-refractivity contribution in [1.82, 2.24) is 5.43 Å². The summed E-state index contributed by atoms with van der Waals surface area (Å²) in [6, 6.07) is 16.9. The number of carbonyl (C=O) groups is 1. The third-order valence-electron chi connectivity index (χ3n) is 3.11. The molecule has 0 atom stereocenters. The Labute approximate surface area is 139 Å². The van der Waals surface area contributed by atoms with E-state index in [0.29, 0.717) is 13.2 Å². The van der Waals surface area contributed by atoms with E-state index in [9.17, 15) is 4.79 Å². The van der Waals surface area contributed by atoms with Crippen molar-refractivity contribution in [2.75, 3.05) is 13.2 Å². The van der Waals surface area contributed by atoms with Crippen molar-refractivity contribution in [1.29, 1.82) is 0 Å². The second-order valence-electron chi connectivity index (χ2n) is 4.88. The van der Waals surface area contributed by atoms with E-state index in [0.717, 1.165) is 17.1 Å². The summed E-state index contributed by atoms with van der Waals surface area (Å²) in [5.41, 5.74) is 3.21. The lowest BCUT2D eigenvalue weighted by molar-refractivity contribution is -0.122. The highest BCUT2D eigenvalue weighted by Gasteiger charge is 2.13. The molecule has 1 N–H and O–H groups in total. The Morgan fingerprint density at radius 3 is 2.50 bits per heavy atom. The van der Waals surface area contributed by atoms with Gasteiger partial charge in [0.25, 0.3) is 0 Å². The summed E-state index contributed by atoms with van der Waals surface area (Å²) >= 11 is 0. The molecule has 0 aromatic heterocycles. The predicted octanol–water partition coefficient (Wildman–Crippen LogP) is 2.82. The van der Waals surface area contributed by atoms with Gasteiger partial charge in [0.15, 0.2) is 0 Å². The summed E-state index contributed by atoms with van der Waals surface area (Å²) in [5.74, 6) is 1.16. The molecule has 122 valence electrons. The van der Waals surface area contributed by atoms with Crippen LogP contribution in [0.2, 0.25) is 0 Å². The molecule has 1 aliphatic heterocycles. The van der Waals surface area contributed by atoms with E-state index in [1.165, 1.54) is 12.5 Å². The molecule has 0 aliphatic carbocycles. The molecule has 0 spiro atoms. The van der Waals surface area contributed by atoms with Crippen LogP contribution in [0.25, 0.3) is 0 Å². The van der Waals surface area contributed by atoms with Crippen molar-refractivity contribution < 1.29 is 19.0 Å². The van der Waals surface area contributed by atoms with Gasteiger partial charge in [-0.05, 0) is 42.0 Å². The highest BCUT2D eigenvalue weighted by atomic mass is 16.6. The number of para-hydroxylation sites is 1. The van der Waals surface area contributed by atoms with Crippen LogP contribution in [0.5, 0.6) is 11.5 Å². The quantitative estimate of drug-likeness (QED) is 0.678. The van der Waals surface area contributed by atoms with Gasteiger partial charge in [-0.2, -0.15) is 5.10 Å². The van der Waals surface area contributed by atoms with E-state index in [1.54, 1.807) is 0 Å². The average Bonchev–Trinajstić information content (AvgIpc) is 2.65. The minimum Gasteiger partial charge on any atom is -0.494 e. The standard InChI is InChI=1S/C18H16N2O4/c21-18(17-13-22-10-11-23-17)20-19-12-14-6-8-16(9-7-14)24-15-4-2-1-3-5-15/h1-9,12-13H,10-11H2,(H,20,21). The van der Waals surface area contributed by atoms with Crippen LogP contribution in [0, 0.1) is 0 Å². The Balaban J connectivity index is 1.54. The number of carbonyl (C=O) groups excluding carboxylic acids is 1. The lowest BCUT2D eigenvalue weighted by Gasteiger charge is -2.13. The zero-order chi connectivity index (χ0) is 16.6. The molecule has 1 aliphatic rings. The molecule has 0 fully saturated rings. The van der Waals surface area contributed by atoms with Gasteiger partial charge in [-0.15, -0.1) is 0 Å². The number of hydrazone groups is 1. The van der Waals surface area contributed by atoms with Crippen molar-refractivity contribution in [3.63, 3.8) is 0 Å². The van der Waals surface area contributed by atoms with Gasteiger partial charge < -0.3 is 14.2 Å². The second kappa shape index (κ2) is 7.82. The maximum atomic E-state index is 11.7. The first kappa shape index (κ1) is 15.6. The van der Waals surface area contributed by atoms with E-state index in [4.69, 9.17) is 14.2 Å². The number of ether oxygens (including phenoxy) is 3. The normalized spacial score (nSPS) is 13.6. The molecule has 6 heteroatoms. The summed E-state index contributed by atoms with van der Waals surface area (Å²) < 4.78 is 15.9. The molecule has 1 amide bonds. The van der Waals surface area contributed by atoms with Crippen molar-refractivity contribution in [2.45, 2.75) is 0 Å². The Kier molecular flexibility index (Phi) is 5.09. The maximum absolute atomic E-state index is 11.7. The molecular formula is C18H16N2O4. The van der Waals surface area contributed by atoms with Gasteiger partial charge in [-0.25, -0.2) is 5.43 Å². The molecule has 0 saturated carbocycles. The predicted molar refractivity (Wildman–Crippen MR) is 88.7 cm³/mol. The minimum absolute atomic E-state index is 0.116. The van der Waals surface area contributed by atoms with Crippen LogP contribution in [-0.4, -0.2) is 25.3 Å². The number of benzene rings is 2. The van der Waals surface area contributed by atoms with E-state index in [-0.39, 0.29) is 5.76 Å². The van der Waals surface area contributed by atoms with Crippen molar-refractivity contribution in [3.05, 3.63) is 72.2 Å². The molecule has 0 saturated heterocycles. The number of hydrogen-bond donors (Lipinski definition) is 1. The first-order valence-electron chi connectivity index (χ1n) is 7.42. The van der Waals surface area contributed by atoms with E-state index >= 15 is 0 Å². The van der Waals surface area contributed by atoms with Crippen LogP contribution in [0.15, 0.2) is 71.7 Å². The van der Waals surface area contributed by atoms with Crippen LogP contribution in [0.4, 0.5) is 0 Å². The van der Waals surface area contributed by atoms with Crippen LogP contribution < -0.4 is 10.2 Å². The topological polar surface area (TPSA) is 69.2 Å². The smallest absolute Gasteiger partial charge is 0.309 e. The first-order chi connectivity index (χ1) is 11.8. The minimum atomic E-state index is -0.449. The Hall–Kier alpha value is -3.28. The summed E-state index contributed by atoms with van der Waals surface area (Å²) in [6.07, 6.45) is 2.82. The number of rotatable bonds is 5.